The number of anilines is 2. The summed E-state index contributed by atoms with van der Waals surface area (Å²) in [5.74, 6) is 0.326. The summed E-state index contributed by atoms with van der Waals surface area (Å²) in [7, 11) is 0. The first-order chi connectivity index (χ1) is 14.7. The Hall–Kier alpha value is -3.40. The van der Waals surface area contributed by atoms with Gasteiger partial charge in [0.05, 0.1) is 11.4 Å². The highest BCUT2D eigenvalue weighted by Crippen LogP contribution is 2.43. The molecule has 2 fully saturated rings. The molecule has 3 aromatic rings. The minimum atomic E-state index is 0.163. The average Bonchev–Trinajstić information content (AvgIpc) is 3.42. The van der Waals surface area contributed by atoms with Crippen LogP contribution >= 0.6 is 0 Å². The molecule has 30 heavy (non-hydrogen) atoms. The molecule has 2 saturated heterocycles. The first-order valence-electron chi connectivity index (χ1n) is 10.6. The Morgan fingerprint density at radius 1 is 0.567 bits per heavy atom. The van der Waals surface area contributed by atoms with Gasteiger partial charge in [-0.25, -0.2) is 0 Å². The van der Waals surface area contributed by atoms with E-state index in [9.17, 15) is 9.59 Å². The van der Waals surface area contributed by atoms with Gasteiger partial charge in [0.15, 0.2) is 0 Å². The lowest BCUT2D eigenvalue weighted by molar-refractivity contribution is -0.117. The molecule has 5 rings (SSSR count). The van der Waals surface area contributed by atoms with Crippen LogP contribution in [0.15, 0.2) is 72.8 Å². The lowest BCUT2D eigenvalue weighted by Crippen LogP contribution is -2.27. The Kier molecular flexibility index (Phi) is 4.83. The first kappa shape index (κ1) is 18.6. The first-order valence-corrected chi connectivity index (χ1v) is 10.6. The summed E-state index contributed by atoms with van der Waals surface area (Å²) in [6, 6.07) is 24.5. The predicted octanol–water partition coefficient (Wildman–Crippen LogP) is 5.27. The molecular formula is C26H24N2O2. The lowest BCUT2D eigenvalue weighted by Gasteiger charge is -2.26. The molecule has 2 heterocycles. The average molecular weight is 396 g/mol. The minimum absolute atomic E-state index is 0.163. The molecule has 0 bridgehead atoms. The van der Waals surface area contributed by atoms with Crippen LogP contribution in [0.1, 0.15) is 25.7 Å². The van der Waals surface area contributed by atoms with Gasteiger partial charge >= 0.3 is 0 Å². The van der Waals surface area contributed by atoms with Crippen LogP contribution in [0.4, 0.5) is 11.4 Å². The lowest BCUT2D eigenvalue weighted by atomic mass is 9.95. The van der Waals surface area contributed by atoms with Crippen LogP contribution in [0.25, 0.3) is 22.3 Å². The topological polar surface area (TPSA) is 40.6 Å². The fourth-order valence-corrected chi connectivity index (χ4v) is 4.53. The van der Waals surface area contributed by atoms with Gasteiger partial charge in [0, 0.05) is 37.1 Å². The zero-order valence-electron chi connectivity index (χ0n) is 16.9. The molecule has 0 spiro atoms. The molecule has 0 radical (unpaired) electrons. The maximum Gasteiger partial charge on any atom is 0.227 e. The van der Waals surface area contributed by atoms with E-state index in [1.165, 1.54) is 0 Å². The molecule has 150 valence electrons. The smallest absolute Gasteiger partial charge is 0.227 e. The fraction of sp³-hybridized carbons (Fsp3) is 0.231. The van der Waals surface area contributed by atoms with Crippen molar-refractivity contribution in [3.63, 3.8) is 0 Å². The third-order valence-electron chi connectivity index (χ3n) is 6.01. The summed E-state index contributed by atoms with van der Waals surface area (Å²) >= 11 is 0. The van der Waals surface area contributed by atoms with E-state index in [0.29, 0.717) is 12.8 Å². The molecule has 0 unspecified atom stereocenters. The van der Waals surface area contributed by atoms with Crippen molar-refractivity contribution in [2.24, 2.45) is 0 Å². The normalized spacial score (nSPS) is 16.5. The fourth-order valence-electron chi connectivity index (χ4n) is 4.53. The highest BCUT2D eigenvalue weighted by molar-refractivity contribution is 6.05. The van der Waals surface area contributed by atoms with E-state index >= 15 is 0 Å². The summed E-state index contributed by atoms with van der Waals surface area (Å²) in [6.45, 7) is 1.46. The molecule has 0 aliphatic carbocycles. The van der Waals surface area contributed by atoms with Crippen LogP contribution in [0, 0.1) is 0 Å². The number of hydrogen-bond acceptors (Lipinski definition) is 2. The monoisotopic (exact) mass is 396 g/mol. The Morgan fingerprint density at radius 2 is 0.967 bits per heavy atom. The summed E-state index contributed by atoms with van der Waals surface area (Å²) in [4.78, 5) is 29.1. The Balaban J connectivity index is 1.77. The van der Waals surface area contributed by atoms with Crippen LogP contribution in [0.2, 0.25) is 0 Å². The molecule has 4 heteroatoms. The van der Waals surface area contributed by atoms with Crippen molar-refractivity contribution in [2.75, 3.05) is 22.9 Å². The van der Waals surface area contributed by atoms with Crippen LogP contribution in [-0.2, 0) is 9.59 Å². The molecule has 2 amide bonds. The number of nitrogens with zero attached hydrogens (tertiary/aromatic N) is 2. The van der Waals surface area contributed by atoms with Gasteiger partial charge in [-0.2, -0.15) is 0 Å². The van der Waals surface area contributed by atoms with Gasteiger partial charge in [-0.05, 0) is 36.1 Å². The number of hydrogen-bond donors (Lipinski definition) is 0. The highest BCUT2D eigenvalue weighted by atomic mass is 16.2. The van der Waals surface area contributed by atoms with Gasteiger partial charge in [-0.15, -0.1) is 0 Å². The van der Waals surface area contributed by atoms with Gasteiger partial charge in [0.25, 0.3) is 0 Å². The van der Waals surface area contributed by atoms with Crippen LogP contribution < -0.4 is 9.80 Å². The zero-order valence-corrected chi connectivity index (χ0v) is 16.9. The number of carbonyl (C=O) groups is 2. The molecule has 0 aromatic heterocycles. The van der Waals surface area contributed by atoms with E-state index in [0.717, 1.165) is 59.6 Å². The summed E-state index contributed by atoms with van der Waals surface area (Å²) in [6.07, 6.45) is 2.92. The maximum absolute atomic E-state index is 12.7. The second-order valence-corrected chi connectivity index (χ2v) is 7.92. The standard InChI is InChI=1S/C26H24N2O2/c29-25-13-7-15-27(25)23-18-22(20-11-5-2-6-12-20)24(28-16-8-14-26(28)30)17-21(23)19-9-3-1-4-10-19/h1-6,9-12,17-18H,7-8,13-16H2. The number of amides is 2. The highest BCUT2D eigenvalue weighted by Gasteiger charge is 2.29. The van der Waals surface area contributed by atoms with Crippen molar-refractivity contribution in [1.82, 2.24) is 0 Å². The van der Waals surface area contributed by atoms with E-state index in [-0.39, 0.29) is 11.8 Å². The third kappa shape index (κ3) is 3.28. The van der Waals surface area contributed by atoms with Crippen molar-refractivity contribution in [3.05, 3.63) is 72.8 Å². The largest absolute Gasteiger partial charge is 0.312 e. The Labute approximate surface area is 176 Å². The quantitative estimate of drug-likeness (QED) is 0.602. The van der Waals surface area contributed by atoms with Gasteiger partial charge < -0.3 is 9.80 Å². The summed E-state index contributed by atoms with van der Waals surface area (Å²) in [5, 5.41) is 0. The molecular weight excluding hydrogens is 372 g/mol. The van der Waals surface area contributed by atoms with Gasteiger partial charge in [0.2, 0.25) is 11.8 Å². The summed E-state index contributed by atoms with van der Waals surface area (Å²) in [5.41, 5.74) is 5.97. The van der Waals surface area contributed by atoms with E-state index in [1.807, 2.05) is 46.2 Å². The Bertz CT molecular complexity index is 1000. The molecule has 2 aliphatic rings. The minimum Gasteiger partial charge on any atom is -0.312 e. The van der Waals surface area contributed by atoms with Crippen molar-refractivity contribution in [2.45, 2.75) is 25.7 Å². The van der Waals surface area contributed by atoms with Gasteiger partial charge in [-0.1, -0.05) is 60.7 Å². The van der Waals surface area contributed by atoms with Crippen molar-refractivity contribution < 1.29 is 9.59 Å². The zero-order chi connectivity index (χ0) is 20.5. The predicted molar refractivity (Wildman–Crippen MR) is 120 cm³/mol. The SMILES string of the molecule is O=C1CCCN1c1cc(-c2ccccc2)c(N2CCCC2=O)cc1-c1ccccc1. The van der Waals surface area contributed by atoms with Crippen LogP contribution in [0.3, 0.4) is 0 Å². The van der Waals surface area contributed by atoms with E-state index in [2.05, 4.69) is 36.4 Å². The van der Waals surface area contributed by atoms with E-state index in [4.69, 9.17) is 0 Å². The van der Waals surface area contributed by atoms with Crippen molar-refractivity contribution in [3.8, 4) is 22.3 Å². The number of benzene rings is 3. The number of rotatable bonds is 4. The second kappa shape index (κ2) is 7.79. The van der Waals surface area contributed by atoms with Gasteiger partial charge in [0.1, 0.15) is 0 Å². The number of carbonyl (C=O) groups excluding carboxylic acids is 2. The molecule has 0 saturated carbocycles. The molecule has 3 aromatic carbocycles. The third-order valence-corrected chi connectivity index (χ3v) is 6.01. The van der Waals surface area contributed by atoms with E-state index in [1.54, 1.807) is 0 Å². The van der Waals surface area contributed by atoms with E-state index < -0.39 is 0 Å². The maximum atomic E-state index is 12.7. The van der Waals surface area contributed by atoms with Crippen molar-refractivity contribution >= 4 is 23.2 Å². The Morgan fingerprint density at radius 3 is 1.30 bits per heavy atom. The molecule has 0 atom stereocenters. The van der Waals surface area contributed by atoms with Gasteiger partial charge in [-0.3, -0.25) is 9.59 Å². The summed E-state index contributed by atoms with van der Waals surface area (Å²) < 4.78 is 0. The second-order valence-electron chi connectivity index (χ2n) is 7.92. The molecule has 0 N–H and O–H groups in total. The molecule has 2 aliphatic heterocycles. The van der Waals surface area contributed by atoms with Crippen LogP contribution in [-0.4, -0.2) is 24.9 Å². The van der Waals surface area contributed by atoms with Crippen LogP contribution in [0.5, 0.6) is 0 Å². The molecule has 4 nitrogen and oxygen atoms in total. The van der Waals surface area contributed by atoms with Crippen molar-refractivity contribution in [1.29, 1.82) is 0 Å².